The number of hydrogen-bond donors (Lipinski definition) is 1. The minimum Gasteiger partial charge on any atom is -0.354 e. The maximum Gasteiger partial charge on any atom is 0.255 e. The summed E-state index contributed by atoms with van der Waals surface area (Å²) in [6, 6.07) is 18.0. The molecule has 0 fully saturated rings. The third-order valence-electron chi connectivity index (χ3n) is 4.39. The van der Waals surface area contributed by atoms with Crippen molar-refractivity contribution in [3.63, 3.8) is 0 Å². The first-order valence-electron chi connectivity index (χ1n) is 8.61. The highest BCUT2D eigenvalue weighted by Crippen LogP contribution is 2.20. The molecule has 0 saturated carbocycles. The Balaban J connectivity index is 1.73. The summed E-state index contributed by atoms with van der Waals surface area (Å²) in [6.07, 6.45) is 3.33. The molecule has 1 aromatic heterocycles. The Morgan fingerprint density at radius 1 is 0.962 bits per heavy atom. The van der Waals surface area contributed by atoms with Gasteiger partial charge in [-0.2, -0.15) is 0 Å². The largest absolute Gasteiger partial charge is 0.354 e. The summed E-state index contributed by atoms with van der Waals surface area (Å²) < 4.78 is 0. The standard InChI is InChI=1S/C22H23N3O/c1-16-9-10-20(11-17(16)2)24-21-12-19(13-23-14-21)22(26)25(3)15-18-7-5-4-6-8-18/h4-14,24H,15H2,1-3H3. The monoisotopic (exact) mass is 345 g/mol. The van der Waals surface area contributed by atoms with E-state index in [-0.39, 0.29) is 5.91 Å². The molecule has 26 heavy (non-hydrogen) atoms. The number of carbonyl (C=O) groups excluding carboxylic acids is 1. The molecule has 3 aromatic rings. The van der Waals surface area contributed by atoms with Crippen LogP contribution < -0.4 is 5.32 Å². The van der Waals surface area contributed by atoms with E-state index in [0.717, 1.165) is 16.9 Å². The maximum atomic E-state index is 12.7. The van der Waals surface area contributed by atoms with Gasteiger partial charge in [0.1, 0.15) is 0 Å². The number of aryl methyl sites for hydroxylation is 2. The summed E-state index contributed by atoms with van der Waals surface area (Å²) in [5, 5.41) is 3.32. The highest BCUT2D eigenvalue weighted by atomic mass is 16.2. The van der Waals surface area contributed by atoms with Crippen LogP contribution in [0.15, 0.2) is 67.0 Å². The van der Waals surface area contributed by atoms with E-state index in [1.165, 1.54) is 11.1 Å². The number of hydrogen-bond acceptors (Lipinski definition) is 3. The number of carbonyl (C=O) groups is 1. The van der Waals surface area contributed by atoms with Gasteiger partial charge in [-0.3, -0.25) is 9.78 Å². The molecule has 0 radical (unpaired) electrons. The molecule has 0 unspecified atom stereocenters. The Morgan fingerprint density at radius 2 is 1.73 bits per heavy atom. The van der Waals surface area contributed by atoms with Crippen molar-refractivity contribution in [3.05, 3.63) is 89.2 Å². The first-order valence-corrected chi connectivity index (χ1v) is 8.61. The number of nitrogens with one attached hydrogen (secondary N) is 1. The van der Waals surface area contributed by atoms with Crippen molar-refractivity contribution in [3.8, 4) is 0 Å². The van der Waals surface area contributed by atoms with Crippen LogP contribution in [0, 0.1) is 13.8 Å². The molecule has 0 aliphatic heterocycles. The molecule has 1 heterocycles. The first-order chi connectivity index (χ1) is 12.5. The lowest BCUT2D eigenvalue weighted by Crippen LogP contribution is -2.26. The summed E-state index contributed by atoms with van der Waals surface area (Å²) in [6.45, 7) is 4.73. The quantitative estimate of drug-likeness (QED) is 0.728. The van der Waals surface area contributed by atoms with E-state index in [0.29, 0.717) is 12.1 Å². The smallest absolute Gasteiger partial charge is 0.255 e. The molecule has 2 aromatic carbocycles. The number of benzene rings is 2. The van der Waals surface area contributed by atoms with Crippen LogP contribution in [0.3, 0.4) is 0 Å². The SMILES string of the molecule is Cc1ccc(Nc2cncc(C(=O)N(C)Cc3ccccc3)c2)cc1C. The number of pyridine rings is 1. The van der Waals surface area contributed by atoms with Crippen LogP contribution in [0.25, 0.3) is 0 Å². The van der Waals surface area contributed by atoms with E-state index >= 15 is 0 Å². The molecule has 0 aliphatic carbocycles. The number of amides is 1. The van der Waals surface area contributed by atoms with Crippen molar-refractivity contribution in [2.24, 2.45) is 0 Å². The van der Waals surface area contributed by atoms with Crippen LogP contribution in [0.2, 0.25) is 0 Å². The highest BCUT2D eigenvalue weighted by Gasteiger charge is 2.13. The highest BCUT2D eigenvalue weighted by molar-refractivity contribution is 5.94. The fourth-order valence-corrected chi connectivity index (χ4v) is 2.76. The van der Waals surface area contributed by atoms with E-state index in [2.05, 4.69) is 36.3 Å². The number of anilines is 2. The van der Waals surface area contributed by atoms with E-state index in [1.54, 1.807) is 24.3 Å². The number of aromatic nitrogens is 1. The van der Waals surface area contributed by atoms with Gasteiger partial charge in [-0.1, -0.05) is 36.4 Å². The molecule has 4 nitrogen and oxygen atoms in total. The Kier molecular flexibility index (Phi) is 5.32. The van der Waals surface area contributed by atoms with Crippen molar-refractivity contribution in [1.29, 1.82) is 0 Å². The predicted molar refractivity (Wildman–Crippen MR) is 106 cm³/mol. The normalized spacial score (nSPS) is 10.4. The van der Waals surface area contributed by atoms with Crippen LogP contribution in [-0.2, 0) is 6.54 Å². The van der Waals surface area contributed by atoms with Gasteiger partial charge in [0.2, 0.25) is 0 Å². The lowest BCUT2D eigenvalue weighted by molar-refractivity contribution is 0.0784. The zero-order valence-corrected chi connectivity index (χ0v) is 15.4. The summed E-state index contributed by atoms with van der Waals surface area (Å²) >= 11 is 0. The average Bonchev–Trinajstić information content (AvgIpc) is 2.65. The molecule has 0 spiro atoms. The van der Waals surface area contributed by atoms with Gasteiger partial charge in [-0.05, 0) is 48.7 Å². The van der Waals surface area contributed by atoms with Gasteiger partial charge in [0.05, 0.1) is 17.4 Å². The van der Waals surface area contributed by atoms with Gasteiger partial charge in [0.25, 0.3) is 5.91 Å². The third kappa shape index (κ3) is 4.28. The second-order valence-electron chi connectivity index (χ2n) is 6.53. The minimum atomic E-state index is -0.0508. The minimum absolute atomic E-state index is 0.0508. The molecule has 3 rings (SSSR count). The van der Waals surface area contributed by atoms with Crippen molar-refractivity contribution in [1.82, 2.24) is 9.88 Å². The van der Waals surface area contributed by atoms with E-state index in [1.807, 2.05) is 42.5 Å². The maximum absolute atomic E-state index is 12.7. The molecule has 4 heteroatoms. The van der Waals surface area contributed by atoms with Gasteiger partial charge in [0, 0.05) is 25.5 Å². The lowest BCUT2D eigenvalue weighted by Gasteiger charge is -2.18. The van der Waals surface area contributed by atoms with Gasteiger partial charge >= 0.3 is 0 Å². The third-order valence-corrected chi connectivity index (χ3v) is 4.39. The summed E-state index contributed by atoms with van der Waals surface area (Å²) in [5.74, 6) is -0.0508. The first kappa shape index (κ1) is 17.7. The molecular weight excluding hydrogens is 322 g/mol. The molecule has 132 valence electrons. The van der Waals surface area contributed by atoms with Crippen LogP contribution in [0.1, 0.15) is 27.0 Å². The molecule has 0 saturated heterocycles. The Hall–Kier alpha value is -3.14. The fraction of sp³-hybridized carbons (Fsp3) is 0.182. The van der Waals surface area contributed by atoms with Crippen LogP contribution in [0.4, 0.5) is 11.4 Å². The summed E-state index contributed by atoms with van der Waals surface area (Å²) in [5.41, 5.74) is 5.92. The Morgan fingerprint density at radius 3 is 2.46 bits per heavy atom. The van der Waals surface area contributed by atoms with E-state index in [9.17, 15) is 4.79 Å². The Labute approximate surface area is 154 Å². The van der Waals surface area contributed by atoms with Gasteiger partial charge < -0.3 is 10.2 Å². The van der Waals surface area contributed by atoms with Crippen molar-refractivity contribution >= 4 is 17.3 Å². The zero-order chi connectivity index (χ0) is 18.5. The second-order valence-corrected chi connectivity index (χ2v) is 6.53. The fourth-order valence-electron chi connectivity index (χ4n) is 2.76. The van der Waals surface area contributed by atoms with Gasteiger partial charge in [0.15, 0.2) is 0 Å². The molecule has 0 atom stereocenters. The molecule has 1 N–H and O–H groups in total. The van der Waals surface area contributed by atoms with Crippen LogP contribution >= 0.6 is 0 Å². The predicted octanol–water partition coefficient (Wildman–Crippen LogP) is 4.71. The van der Waals surface area contributed by atoms with Crippen LogP contribution in [0.5, 0.6) is 0 Å². The lowest BCUT2D eigenvalue weighted by atomic mass is 10.1. The Bertz CT molecular complexity index is 906. The van der Waals surface area contributed by atoms with Crippen molar-refractivity contribution in [2.75, 3.05) is 12.4 Å². The molecule has 1 amide bonds. The van der Waals surface area contributed by atoms with Crippen molar-refractivity contribution < 1.29 is 4.79 Å². The number of rotatable bonds is 5. The van der Waals surface area contributed by atoms with E-state index < -0.39 is 0 Å². The van der Waals surface area contributed by atoms with Crippen molar-refractivity contribution in [2.45, 2.75) is 20.4 Å². The molecular formula is C22H23N3O. The zero-order valence-electron chi connectivity index (χ0n) is 15.4. The molecule has 0 bridgehead atoms. The summed E-state index contributed by atoms with van der Waals surface area (Å²) in [4.78, 5) is 18.6. The topological polar surface area (TPSA) is 45.2 Å². The number of nitrogens with zero attached hydrogens (tertiary/aromatic N) is 2. The average molecular weight is 345 g/mol. The van der Waals surface area contributed by atoms with Crippen LogP contribution in [-0.4, -0.2) is 22.8 Å². The molecule has 0 aliphatic rings. The van der Waals surface area contributed by atoms with Gasteiger partial charge in [-0.25, -0.2) is 0 Å². The van der Waals surface area contributed by atoms with Gasteiger partial charge in [-0.15, -0.1) is 0 Å². The second kappa shape index (κ2) is 7.83. The van der Waals surface area contributed by atoms with E-state index in [4.69, 9.17) is 0 Å². The summed E-state index contributed by atoms with van der Waals surface area (Å²) in [7, 11) is 1.80.